The van der Waals surface area contributed by atoms with Gasteiger partial charge >= 0.3 is 6.18 Å². The van der Waals surface area contributed by atoms with Crippen molar-refractivity contribution in [3.8, 4) is 16.2 Å². The van der Waals surface area contributed by atoms with Gasteiger partial charge in [-0.25, -0.2) is 4.98 Å². The third-order valence-electron chi connectivity index (χ3n) is 3.20. The summed E-state index contributed by atoms with van der Waals surface area (Å²) >= 11 is 1.24. The number of aromatic nitrogens is 2. The molecule has 0 aliphatic carbocycles. The van der Waals surface area contributed by atoms with E-state index in [0.717, 1.165) is 28.1 Å². The molecule has 3 nitrogen and oxygen atoms in total. The highest BCUT2D eigenvalue weighted by molar-refractivity contribution is 7.20. The average Bonchev–Trinajstić information content (AvgIpc) is 2.99. The maximum absolute atomic E-state index is 12.7. The van der Waals surface area contributed by atoms with E-state index in [2.05, 4.69) is 4.98 Å². The number of benzene rings is 1. The van der Waals surface area contributed by atoms with E-state index < -0.39 is 11.9 Å². The van der Waals surface area contributed by atoms with Crippen LogP contribution in [0.2, 0.25) is 0 Å². The lowest BCUT2D eigenvalue weighted by molar-refractivity contribution is -0.140. The smallest absolute Gasteiger partial charge is 0.434 e. The molecule has 1 aromatic carbocycles. The second-order valence-corrected chi connectivity index (χ2v) is 5.50. The van der Waals surface area contributed by atoms with Crippen LogP contribution in [-0.4, -0.2) is 16.5 Å². The molecule has 0 amide bonds. The van der Waals surface area contributed by atoms with E-state index in [1.165, 1.54) is 15.7 Å². The molecule has 0 fully saturated rings. The van der Waals surface area contributed by atoms with E-state index in [-0.39, 0.29) is 0 Å². The van der Waals surface area contributed by atoms with Gasteiger partial charge in [-0.3, -0.25) is 4.40 Å². The fraction of sp³-hybridized carbons (Fsp3) is 0.214. The van der Waals surface area contributed by atoms with Crippen molar-refractivity contribution in [2.24, 2.45) is 0 Å². The van der Waals surface area contributed by atoms with Gasteiger partial charge in [0.1, 0.15) is 5.75 Å². The van der Waals surface area contributed by atoms with Gasteiger partial charge in [-0.2, -0.15) is 13.2 Å². The lowest BCUT2D eigenvalue weighted by Gasteiger charge is -2.03. The molecule has 0 bridgehead atoms. The van der Waals surface area contributed by atoms with Crippen LogP contribution >= 0.6 is 11.3 Å². The Morgan fingerprint density at radius 3 is 2.38 bits per heavy atom. The minimum absolute atomic E-state index is 0.339. The zero-order valence-electron chi connectivity index (χ0n) is 11.2. The first-order valence-corrected chi connectivity index (χ1v) is 6.92. The van der Waals surface area contributed by atoms with Crippen molar-refractivity contribution in [1.29, 1.82) is 0 Å². The number of alkyl halides is 3. The first-order chi connectivity index (χ1) is 9.90. The zero-order valence-corrected chi connectivity index (χ0v) is 12.0. The second-order valence-electron chi connectivity index (χ2n) is 4.52. The fourth-order valence-electron chi connectivity index (χ4n) is 2.10. The molecule has 0 saturated heterocycles. The van der Waals surface area contributed by atoms with Crippen LogP contribution in [0.15, 0.2) is 30.5 Å². The van der Waals surface area contributed by atoms with E-state index in [1.54, 1.807) is 14.0 Å². The Morgan fingerprint density at radius 1 is 1.19 bits per heavy atom. The number of imidazole rings is 1. The van der Waals surface area contributed by atoms with Crippen LogP contribution in [0.25, 0.3) is 15.4 Å². The predicted octanol–water partition coefficient (Wildman–Crippen LogP) is 4.40. The molecular formula is C14H11F3N2OS. The molecule has 0 spiro atoms. The van der Waals surface area contributed by atoms with E-state index in [1.807, 2.05) is 24.3 Å². The number of ether oxygens (including phenoxy) is 1. The largest absolute Gasteiger partial charge is 0.497 e. The van der Waals surface area contributed by atoms with Gasteiger partial charge in [0.15, 0.2) is 10.7 Å². The Morgan fingerprint density at radius 2 is 1.86 bits per heavy atom. The van der Waals surface area contributed by atoms with Gasteiger partial charge in [0.05, 0.1) is 12.0 Å². The average molecular weight is 312 g/mol. The van der Waals surface area contributed by atoms with Crippen LogP contribution < -0.4 is 4.74 Å². The van der Waals surface area contributed by atoms with Crippen LogP contribution in [0.4, 0.5) is 13.2 Å². The first kappa shape index (κ1) is 13.9. The van der Waals surface area contributed by atoms with Crippen molar-refractivity contribution in [3.63, 3.8) is 0 Å². The van der Waals surface area contributed by atoms with Gasteiger partial charge in [-0.15, -0.1) is 0 Å². The number of rotatable bonds is 2. The third-order valence-corrected chi connectivity index (χ3v) is 4.41. The molecule has 3 rings (SSSR count). The highest BCUT2D eigenvalue weighted by atomic mass is 32.1. The SMILES string of the molecule is COc1ccc(-c2sc3nc(C(F)(F)F)cn3c2C)cc1. The van der Waals surface area contributed by atoms with Gasteiger partial charge in [0.25, 0.3) is 0 Å². The van der Waals surface area contributed by atoms with Gasteiger partial charge in [0.2, 0.25) is 0 Å². The Balaban J connectivity index is 2.07. The topological polar surface area (TPSA) is 26.5 Å². The van der Waals surface area contributed by atoms with Gasteiger partial charge in [0, 0.05) is 11.9 Å². The maximum Gasteiger partial charge on any atom is 0.434 e. The summed E-state index contributed by atoms with van der Waals surface area (Å²) < 4.78 is 44.5. The predicted molar refractivity (Wildman–Crippen MR) is 74.8 cm³/mol. The summed E-state index contributed by atoms with van der Waals surface area (Å²) in [6.45, 7) is 1.78. The van der Waals surface area contributed by atoms with E-state index in [9.17, 15) is 13.2 Å². The fourth-order valence-corrected chi connectivity index (χ4v) is 3.21. The summed E-state index contributed by atoms with van der Waals surface area (Å²) in [4.78, 5) is 4.89. The van der Waals surface area contributed by atoms with Crippen LogP contribution in [-0.2, 0) is 6.18 Å². The van der Waals surface area contributed by atoms with Crippen LogP contribution in [0.1, 0.15) is 11.4 Å². The number of hydrogen-bond acceptors (Lipinski definition) is 3. The highest BCUT2D eigenvalue weighted by Crippen LogP contribution is 2.36. The Labute approximate surface area is 122 Å². The molecule has 3 aromatic rings. The van der Waals surface area contributed by atoms with Crippen molar-refractivity contribution in [3.05, 3.63) is 41.9 Å². The molecular weight excluding hydrogens is 301 g/mol. The van der Waals surface area contributed by atoms with Crippen LogP contribution in [0.3, 0.4) is 0 Å². The number of methoxy groups -OCH3 is 1. The summed E-state index contributed by atoms with van der Waals surface area (Å²) in [7, 11) is 1.58. The van der Waals surface area contributed by atoms with Crippen molar-refractivity contribution in [2.45, 2.75) is 13.1 Å². The Bertz CT molecular complexity index is 787. The van der Waals surface area contributed by atoms with Crippen molar-refractivity contribution < 1.29 is 17.9 Å². The number of halogens is 3. The van der Waals surface area contributed by atoms with Gasteiger partial charge < -0.3 is 4.74 Å². The first-order valence-electron chi connectivity index (χ1n) is 6.10. The lowest BCUT2D eigenvalue weighted by atomic mass is 10.1. The number of nitrogens with zero attached hydrogens (tertiary/aromatic N) is 2. The Kier molecular flexibility index (Phi) is 3.16. The van der Waals surface area contributed by atoms with Gasteiger partial charge in [-0.1, -0.05) is 11.3 Å². The number of thiazole rings is 1. The van der Waals surface area contributed by atoms with Crippen LogP contribution in [0.5, 0.6) is 5.75 Å². The molecule has 0 saturated carbocycles. The highest BCUT2D eigenvalue weighted by Gasteiger charge is 2.34. The normalized spacial score (nSPS) is 12.0. The molecule has 0 unspecified atom stereocenters. The van der Waals surface area contributed by atoms with E-state index in [4.69, 9.17) is 4.74 Å². The summed E-state index contributed by atoms with van der Waals surface area (Å²) in [6, 6.07) is 7.39. The molecule has 0 atom stereocenters. The third kappa shape index (κ3) is 2.37. The minimum atomic E-state index is -4.42. The number of hydrogen-bond donors (Lipinski definition) is 0. The summed E-state index contributed by atoms with van der Waals surface area (Å²) in [5.41, 5.74) is 0.804. The molecule has 2 aromatic heterocycles. The van der Waals surface area contributed by atoms with Crippen molar-refractivity contribution >= 4 is 16.3 Å². The minimum Gasteiger partial charge on any atom is -0.497 e. The summed E-state index contributed by atoms with van der Waals surface area (Å²) in [5.74, 6) is 0.733. The molecule has 0 aliphatic rings. The molecule has 21 heavy (non-hydrogen) atoms. The Hall–Kier alpha value is -2.02. The lowest BCUT2D eigenvalue weighted by Crippen LogP contribution is -2.04. The monoisotopic (exact) mass is 312 g/mol. The number of fused-ring (bicyclic) bond motifs is 1. The summed E-state index contributed by atoms with van der Waals surface area (Å²) in [6.07, 6.45) is -3.38. The van der Waals surface area contributed by atoms with Crippen molar-refractivity contribution in [2.75, 3.05) is 7.11 Å². The van der Waals surface area contributed by atoms with Crippen molar-refractivity contribution in [1.82, 2.24) is 9.38 Å². The van der Waals surface area contributed by atoms with Crippen LogP contribution in [0, 0.1) is 6.92 Å². The quantitative estimate of drug-likeness (QED) is 0.701. The molecule has 110 valence electrons. The zero-order chi connectivity index (χ0) is 15.2. The standard InChI is InChI=1S/C14H11F3N2OS/c1-8-12(9-3-5-10(20-2)6-4-9)21-13-18-11(7-19(8)13)14(15,16)17/h3-7H,1-2H3. The maximum atomic E-state index is 12.7. The van der Waals surface area contributed by atoms with E-state index in [0.29, 0.717) is 4.96 Å². The molecule has 2 heterocycles. The molecule has 0 aliphatic heterocycles. The second kappa shape index (κ2) is 4.77. The molecule has 7 heteroatoms. The summed E-state index contributed by atoms with van der Waals surface area (Å²) in [5, 5.41) is 0. The number of aryl methyl sites for hydroxylation is 1. The van der Waals surface area contributed by atoms with E-state index >= 15 is 0 Å². The molecule has 0 radical (unpaired) electrons. The molecule has 0 N–H and O–H groups in total. The van der Waals surface area contributed by atoms with Gasteiger partial charge in [-0.05, 0) is 36.8 Å².